The molecule has 0 saturated carbocycles. The van der Waals surface area contributed by atoms with Crippen molar-refractivity contribution in [3.8, 4) is 55.6 Å². The fraction of sp³-hybridized carbons (Fsp3) is 0. The third-order valence-electron chi connectivity index (χ3n) is 12.7. The highest BCUT2D eigenvalue weighted by atomic mass is 32.1. The quantitative estimate of drug-likeness (QED) is 0.138. The lowest BCUT2D eigenvalue weighted by Gasteiger charge is -2.30. The van der Waals surface area contributed by atoms with E-state index in [1.165, 1.54) is 91.8 Å². The number of anilines is 3. The minimum Gasteiger partial charge on any atom is -0.309 e. The van der Waals surface area contributed by atoms with Gasteiger partial charge in [0.25, 0.3) is 0 Å². The van der Waals surface area contributed by atoms with Crippen LogP contribution < -0.4 is 4.90 Å². The van der Waals surface area contributed by atoms with Crippen LogP contribution >= 0.6 is 11.3 Å². The van der Waals surface area contributed by atoms with Crippen LogP contribution in [0.5, 0.6) is 0 Å². The van der Waals surface area contributed by atoms with Gasteiger partial charge in [-0.15, -0.1) is 11.3 Å². The van der Waals surface area contributed by atoms with Crippen LogP contribution in [0.3, 0.4) is 0 Å². The van der Waals surface area contributed by atoms with Crippen LogP contribution in [0.15, 0.2) is 249 Å². The molecule has 0 aliphatic heterocycles. The lowest BCUT2D eigenvalue weighted by atomic mass is 9.88. The van der Waals surface area contributed by atoms with Crippen LogP contribution in [0, 0.1) is 0 Å². The molecule has 0 bridgehead atoms. The van der Waals surface area contributed by atoms with Gasteiger partial charge in [0.1, 0.15) is 0 Å². The van der Waals surface area contributed by atoms with Crippen molar-refractivity contribution in [2.45, 2.75) is 0 Å². The Labute approximate surface area is 377 Å². The molecule has 0 spiro atoms. The number of nitrogens with zero attached hydrogens (tertiary/aromatic N) is 1. The van der Waals surface area contributed by atoms with E-state index in [1.807, 2.05) is 11.3 Å². The molecule has 0 atom stereocenters. The zero-order chi connectivity index (χ0) is 42.4. The molecular formula is C62H41NS. The van der Waals surface area contributed by atoms with Crippen LogP contribution in [-0.2, 0) is 0 Å². The van der Waals surface area contributed by atoms with Crippen molar-refractivity contribution >= 4 is 70.1 Å². The second-order valence-electron chi connectivity index (χ2n) is 16.3. The summed E-state index contributed by atoms with van der Waals surface area (Å²) in [4.78, 5) is 2.49. The van der Waals surface area contributed by atoms with Crippen LogP contribution in [0.25, 0.3) is 97.4 Å². The predicted molar refractivity (Wildman–Crippen MR) is 276 cm³/mol. The summed E-state index contributed by atoms with van der Waals surface area (Å²) in [5.74, 6) is 0. The van der Waals surface area contributed by atoms with Crippen molar-refractivity contribution in [1.29, 1.82) is 0 Å². The van der Waals surface area contributed by atoms with E-state index < -0.39 is 0 Å². The highest BCUT2D eigenvalue weighted by Crippen LogP contribution is 2.50. The van der Waals surface area contributed by atoms with E-state index >= 15 is 0 Å². The normalized spacial score (nSPS) is 11.4. The Morgan fingerprint density at radius 1 is 0.266 bits per heavy atom. The first-order valence-corrected chi connectivity index (χ1v) is 22.7. The zero-order valence-corrected chi connectivity index (χ0v) is 35.8. The highest BCUT2D eigenvalue weighted by molar-refractivity contribution is 7.26. The first kappa shape index (κ1) is 37.7. The molecule has 1 heterocycles. The van der Waals surface area contributed by atoms with E-state index in [0.29, 0.717) is 0 Å². The smallest absolute Gasteiger partial charge is 0.0540 e. The van der Waals surface area contributed by atoms with Gasteiger partial charge in [-0.2, -0.15) is 0 Å². The molecule has 0 unspecified atom stereocenters. The fourth-order valence-electron chi connectivity index (χ4n) is 9.78. The van der Waals surface area contributed by atoms with Crippen LogP contribution in [-0.4, -0.2) is 0 Å². The number of hydrogen-bond donors (Lipinski definition) is 0. The Morgan fingerprint density at radius 3 is 1.45 bits per heavy atom. The van der Waals surface area contributed by atoms with Crippen LogP contribution in [0.4, 0.5) is 17.1 Å². The van der Waals surface area contributed by atoms with Gasteiger partial charge < -0.3 is 4.90 Å². The van der Waals surface area contributed by atoms with E-state index in [9.17, 15) is 0 Å². The maximum absolute atomic E-state index is 2.49. The second-order valence-corrected chi connectivity index (χ2v) is 17.4. The van der Waals surface area contributed by atoms with Crippen molar-refractivity contribution in [1.82, 2.24) is 0 Å². The van der Waals surface area contributed by atoms with Gasteiger partial charge >= 0.3 is 0 Å². The summed E-state index contributed by atoms with van der Waals surface area (Å²) in [6, 6.07) is 91.0. The summed E-state index contributed by atoms with van der Waals surface area (Å²) in [6.07, 6.45) is 0. The molecule has 0 aliphatic rings. The van der Waals surface area contributed by atoms with Crippen LogP contribution in [0.1, 0.15) is 0 Å². The van der Waals surface area contributed by atoms with Crippen molar-refractivity contribution < 1.29 is 0 Å². The summed E-state index contributed by atoms with van der Waals surface area (Å²) in [6.45, 7) is 0. The molecule has 0 radical (unpaired) electrons. The second kappa shape index (κ2) is 16.0. The Morgan fingerprint density at radius 2 is 0.734 bits per heavy atom. The molecule has 12 aromatic rings. The SMILES string of the molecule is c1ccc(-c2ccccc2-c2ccccc2-c2ccccc2N(c2ccc(-c3cc4ccccc4c4ccccc34)cc2)c2ccccc2-c2cccc3c2sc2ccccc23)cc1. The lowest BCUT2D eigenvalue weighted by molar-refractivity contribution is 1.28. The van der Waals surface area contributed by atoms with Crippen molar-refractivity contribution in [2.24, 2.45) is 0 Å². The monoisotopic (exact) mass is 831 g/mol. The minimum atomic E-state index is 1.08. The number of para-hydroxylation sites is 2. The summed E-state index contributed by atoms with van der Waals surface area (Å²) < 4.78 is 2.60. The number of fused-ring (bicyclic) bond motifs is 6. The first-order chi connectivity index (χ1) is 31.8. The van der Waals surface area contributed by atoms with E-state index in [0.717, 1.165) is 22.6 Å². The largest absolute Gasteiger partial charge is 0.309 e. The van der Waals surface area contributed by atoms with E-state index in [4.69, 9.17) is 0 Å². The van der Waals surface area contributed by atoms with Gasteiger partial charge in [-0.25, -0.2) is 0 Å². The summed E-state index contributed by atoms with van der Waals surface area (Å²) >= 11 is 1.88. The first-order valence-electron chi connectivity index (χ1n) is 21.9. The molecule has 2 heteroatoms. The van der Waals surface area contributed by atoms with E-state index in [-0.39, 0.29) is 0 Å². The van der Waals surface area contributed by atoms with Gasteiger partial charge in [0.15, 0.2) is 0 Å². The third-order valence-corrected chi connectivity index (χ3v) is 13.9. The minimum absolute atomic E-state index is 1.08. The Bertz CT molecular complexity index is 3670. The maximum Gasteiger partial charge on any atom is 0.0540 e. The van der Waals surface area contributed by atoms with E-state index in [2.05, 4.69) is 254 Å². The summed E-state index contributed by atoms with van der Waals surface area (Å²) in [7, 11) is 0. The Balaban J connectivity index is 1.08. The molecule has 0 N–H and O–H groups in total. The van der Waals surface area contributed by atoms with E-state index in [1.54, 1.807) is 0 Å². The molecule has 0 aliphatic carbocycles. The van der Waals surface area contributed by atoms with Crippen molar-refractivity contribution in [3.63, 3.8) is 0 Å². The molecule has 1 nitrogen and oxygen atoms in total. The van der Waals surface area contributed by atoms with Gasteiger partial charge in [-0.05, 0) is 96.9 Å². The zero-order valence-electron chi connectivity index (χ0n) is 35.0. The standard InChI is InChI=1S/C62H41NS/c1-2-19-42(20-3-1)46-22-6-7-24-48(46)50-26-9-10-27-51(50)53-29-12-15-34-59(53)63(60-35-16-13-30-54(60)56-32-18-33-57-55-31-14-17-36-61(55)64-62(56)57)45-39-37-43(38-40-45)58-41-44-21-4-5-23-47(44)49-25-8-11-28-52(49)58/h1-41H. The van der Waals surface area contributed by atoms with Crippen molar-refractivity contribution in [2.75, 3.05) is 4.90 Å². The third kappa shape index (κ3) is 6.47. The molecular weight excluding hydrogens is 791 g/mol. The Hall–Kier alpha value is -8.04. The van der Waals surface area contributed by atoms with Crippen LogP contribution in [0.2, 0.25) is 0 Å². The number of hydrogen-bond acceptors (Lipinski definition) is 2. The number of rotatable bonds is 8. The number of benzene rings is 11. The molecule has 64 heavy (non-hydrogen) atoms. The van der Waals surface area contributed by atoms with Gasteiger partial charge in [0, 0.05) is 42.6 Å². The molecule has 1 aromatic heterocycles. The average molecular weight is 832 g/mol. The molecule has 0 fully saturated rings. The highest BCUT2D eigenvalue weighted by Gasteiger charge is 2.24. The topological polar surface area (TPSA) is 3.24 Å². The summed E-state index contributed by atoms with van der Waals surface area (Å²) in [5, 5.41) is 7.63. The molecule has 0 amide bonds. The van der Waals surface area contributed by atoms with Gasteiger partial charge in [-0.3, -0.25) is 0 Å². The molecule has 12 rings (SSSR count). The number of thiophene rings is 1. The molecule has 300 valence electrons. The molecule has 11 aromatic carbocycles. The fourth-order valence-corrected chi connectivity index (χ4v) is 11.0. The Kier molecular flexibility index (Phi) is 9.43. The molecule has 0 saturated heterocycles. The van der Waals surface area contributed by atoms with Gasteiger partial charge in [0.05, 0.1) is 11.4 Å². The average Bonchev–Trinajstić information content (AvgIpc) is 3.76. The van der Waals surface area contributed by atoms with Gasteiger partial charge in [0.2, 0.25) is 0 Å². The van der Waals surface area contributed by atoms with Gasteiger partial charge in [-0.1, -0.05) is 212 Å². The lowest BCUT2D eigenvalue weighted by Crippen LogP contribution is -2.12. The predicted octanol–water partition coefficient (Wildman–Crippen LogP) is 18.2. The van der Waals surface area contributed by atoms with Crippen molar-refractivity contribution in [3.05, 3.63) is 249 Å². The maximum atomic E-state index is 2.49. The summed E-state index contributed by atoms with van der Waals surface area (Å²) in [5.41, 5.74) is 15.3.